The van der Waals surface area contributed by atoms with Crippen molar-refractivity contribution in [2.45, 2.75) is 11.2 Å². The Labute approximate surface area is 91.7 Å². The third-order valence-electron chi connectivity index (χ3n) is 2.42. The minimum absolute atomic E-state index is 0.0181. The quantitative estimate of drug-likeness (QED) is 0.752. The number of primary sulfonamides is 1. The Kier molecular flexibility index (Phi) is 2.87. The van der Waals surface area contributed by atoms with E-state index in [-0.39, 0.29) is 19.0 Å². The van der Waals surface area contributed by atoms with Gasteiger partial charge in [-0.1, -0.05) is 0 Å². The van der Waals surface area contributed by atoms with E-state index in [9.17, 15) is 12.8 Å². The number of rotatable bonds is 2. The average molecular weight is 247 g/mol. The molecule has 0 saturated carbocycles. The molecule has 1 aliphatic rings. The molecule has 0 radical (unpaired) electrons. The third-order valence-corrected chi connectivity index (χ3v) is 3.73. The van der Waals surface area contributed by atoms with Crippen molar-refractivity contribution in [3.63, 3.8) is 0 Å². The zero-order valence-corrected chi connectivity index (χ0v) is 9.02. The molecule has 8 heteroatoms. The van der Waals surface area contributed by atoms with Crippen LogP contribution in [0.15, 0.2) is 12.4 Å². The van der Waals surface area contributed by atoms with E-state index in [2.05, 4.69) is 9.97 Å². The van der Waals surface area contributed by atoms with Gasteiger partial charge in [-0.2, -0.15) is 0 Å². The van der Waals surface area contributed by atoms with Crippen LogP contribution in [0.2, 0.25) is 0 Å². The first-order valence-electron chi connectivity index (χ1n) is 4.55. The largest absolute Gasteiger partial charge is 0.379 e. The molecule has 0 amide bonds. The smallest absolute Gasteiger partial charge is 0.215 e. The first-order chi connectivity index (χ1) is 7.48. The number of hydrogen-bond acceptors (Lipinski definition) is 5. The lowest BCUT2D eigenvalue weighted by atomic mass is 10.1. The molecular formula is C8H10FN3O3S. The highest BCUT2D eigenvalue weighted by atomic mass is 32.2. The van der Waals surface area contributed by atoms with E-state index in [0.717, 1.165) is 12.4 Å². The number of halogens is 1. The van der Waals surface area contributed by atoms with Crippen LogP contribution in [0.4, 0.5) is 4.39 Å². The van der Waals surface area contributed by atoms with Gasteiger partial charge in [0, 0.05) is 0 Å². The van der Waals surface area contributed by atoms with Gasteiger partial charge in [-0.05, 0) is 0 Å². The molecule has 1 aliphatic heterocycles. The molecule has 6 nitrogen and oxygen atoms in total. The maximum absolute atomic E-state index is 12.6. The van der Waals surface area contributed by atoms with Crippen LogP contribution < -0.4 is 5.14 Å². The van der Waals surface area contributed by atoms with Crippen molar-refractivity contribution in [1.29, 1.82) is 0 Å². The summed E-state index contributed by atoms with van der Waals surface area (Å²) in [6, 6.07) is 0. The van der Waals surface area contributed by atoms with Gasteiger partial charge in [-0.15, -0.1) is 0 Å². The van der Waals surface area contributed by atoms with E-state index in [4.69, 9.17) is 9.88 Å². The van der Waals surface area contributed by atoms with Gasteiger partial charge in [0.1, 0.15) is 11.1 Å². The number of hydrogen-bond donors (Lipinski definition) is 1. The maximum atomic E-state index is 12.6. The van der Waals surface area contributed by atoms with Crippen LogP contribution in [0.25, 0.3) is 0 Å². The summed E-state index contributed by atoms with van der Waals surface area (Å²) in [5.74, 6) is -0.872. The number of sulfonamides is 1. The van der Waals surface area contributed by atoms with Crippen LogP contribution >= 0.6 is 0 Å². The second-order valence-electron chi connectivity index (χ2n) is 3.53. The number of nitrogens with zero attached hydrogens (tertiary/aromatic N) is 2. The summed E-state index contributed by atoms with van der Waals surface area (Å²) in [6.45, 7) is 0.191. The minimum Gasteiger partial charge on any atom is -0.379 e. The van der Waals surface area contributed by atoms with Crippen LogP contribution in [0.1, 0.15) is 11.7 Å². The third kappa shape index (κ3) is 2.18. The lowest BCUT2D eigenvalue weighted by molar-refractivity contribution is 0.193. The Hall–Kier alpha value is -1.12. The first kappa shape index (κ1) is 11.4. The fourth-order valence-electron chi connectivity index (χ4n) is 1.61. The second-order valence-corrected chi connectivity index (χ2v) is 5.31. The van der Waals surface area contributed by atoms with E-state index in [1.807, 2.05) is 0 Å². The van der Waals surface area contributed by atoms with E-state index in [0.29, 0.717) is 0 Å². The molecule has 1 aromatic heterocycles. The van der Waals surface area contributed by atoms with Gasteiger partial charge in [0.2, 0.25) is 10.0 Å². The highest BCUT2D eigenvalue weighted by molar-refractivity contribution is 7.89. The molecule has 2 heterocycles. The SMILES string of the molecule is NS(=O)(=O)[C@@H]1COC[C@H]1c1ncc(F)cn1. The van der Waals surface area contributed by atoms with Gasteiger partial charge in [0.15, 0.2) is 5.82 Å². The highest BCUT2D eigenvalue weighted by Gasteiger charge is 2.39. The van der Waals surface area contributed by atoms with Crippen molar-refractivity contribution < 1.29 is 17.5 Å². The monoisotopic (exact) mass is 247 g/mol. The summed E-state index contributed by atoms with van der Waals surface area (Å²) in [6.07, 6.45) is 1.97. The van der Waals surface area contributed by atoms with E-state index < -0.39 is 27.0 Å². The van der Waals surface area contributed by atoms with Crippen LogP contribution in [-0.4, -0.2) is 36.8 Å². The Morgan fingerprint density at radius 2 is 2.00 bits per heavy atom. The normalized spacial score (nSPS) is 25.9. The molecule has 88 valence electrons. The topological polar surface area (TPSA) is 95.2 Å². The van der Waals surface area contributed by atoms with Crippen LogP contribution in [-0.2, 0) is 14.8 Å². The zero-order valence-electron chi connectivity index (χ0n) is 8.21. The van der Waals surface area contributed by atoms with Crippen molar-refractivity contribution in [3.05, 3.63) is 24.0 Å². The average Bonchev–Trinajstić information content (AvgIpc) is 2.66. The number of ether oxygens (including phenoxy) is 1. The van der Waals surface area contributed by atoms with Crippen molar-refractivity contribution in [2.24, 2.45) is 5.14 Å². The molecule has 0 unspecified atom stereocenters. The standard InChI is InChI=1S/C8H10FN3O3S/c9-5-1-11-8(12-2-5)6-3-15-4-7(6)16(10,13)14/h1-2,6-7H,3-4H2,(H2,10,13,14)/t6-,7-/m1/s1. The Bertz CT molecular complexity index is 476. The summed E-state index contributed by atoms with van der Waals surface area (Å²) in [7, 11) is -3.71. The Balaban J connectivity index is 2.30. The molecule has 0 aliphatic carbocycles. The van der Waals surface area contributed by atoms with Gasteiger partial charge in [-0.25, -0.2) is 27.9 Å². The van der Waals surface area contributed by atoms with E-state index in [1.54, 1.807) is 0 Å². The predicted molar refractivity (Wildman–Crippen MR) is 52.4 cm³/mol. The molecule has 1 fully saturated rings. The molecule has 2 N–H and O–H groups in total. The lowest BCUT2D eigenvalue weighted by Gasteiger charge is -2.13. The molecule has 16 heavy (non-hydrogen) atoms. The fourth-order valence-corrected chi connectivity index (χ4v) is 2.56. The molecule has 1 saturated heterocycles. The zero-order chi connectivity index (χ0) is 11.8. The molecule has 2 atom stereocenters. The summed E-state index contributed by atoms with van der Waals surface area (Å²) >= 11 is 0. The summed E-state index contributed by atoms with van der Waals surface area (Å²) in [5.41, 5.74) is 0. The van der Waals surface area contributed by atoms with Crippen LogP contribution in [0, 0.1) is 5.82 Å². The van der Waals surface area contributed by atoms with Gasteiger partial charge in [-0.3, -0.25) is 0 Å². The Morgan fingerprint density at radius 3 is 2.56 bits per heavy atom. The molecule has 2 rings (SSSR count). The van der Waals surface area contributed by atoms with Gasteiger partial charge in [0.05, 0.1) is 31.5 Å². The lowest BCUT2D eigenvalue weighted by Crippen LogP contribution is -2.34. The Morgan fingerprint density at radius 1 is 1.38 bits per heavy atom. The second kappa shape index (κ2) is 4.04. The molecule has 0 aromatic carbocycles. The number of aromatic nitrogens is 2. The first-order valence-corrected chi connectivity index (χ1v) is 6.16. The minimum atomic E-state index is -3.71. The summed E-state index contributed by atoms with van der Waals surface area (Å²) < 4.78 is 40.2. The highest BCUT2D eigenvalue weighted by Crippen LogP contribution is 2.26. The molecule has 1 aromatic rings. The van der Waals surface area contributed by atoms with Gasteiger partial charge in [0.25, 0.3) is 0 Å². The van der Waals surface area contributed by atoms with Crippen molar-refractivity contribution >= 4 is 10.0 Å². The van der Waals surface area contributed by atoms with Crippen LogP contribution in [0.3, 0.4) is 0 Å². The summed E-state index contributed by atoms with van der Waals surface area (Å²) in [4.78, 5) is 7.48. The van der Waals surface area contributed by atoms with Crippen molar-refractivity contribution in [3.8, 4) is 0 Å². The van der Waals surface area contributed by atoms with Gasteiger partial charge < -0.3 is 4.74 Å². The van der Waals surface area contributed by atoms with Crippen molar-refractivity contribution in [2.75, 3.05) is 13.2 Å². The van der Waals surface area contributed by atoms with E-state index in [1.165, 1.54) is 0 Å². The maximum Gasteiger partial charge on any atom is 0.215 e. The van der Waals surface area contributed by atoms with Crippen molar-refractivity contribution in [1.82, 2.24) is 9.97 Å². The molecule has 0 spiro atoms. The van der Waals surface area contributed by atoms with E-state index >= 15 is 0 Å². The van der Waals surface area contributed by atoms with Gasteiger partial charge >= 0.3 is 0 Å². The molecule has 0 bridgehead atoms. The summed E-state index contributed by atoms with van der Waals surface area (Å²) in [5, 5.41) is 4.20. The molecular weight excluding hydrogens is 237 g/mol. The van der Waals surface area contributed by atoms with Crippen LogP contribution in [0.5, 0.6) is 0 Å². The predicted octanol–water partition coefficient (Wildman–Crippen LogP) is -0.613. The fraction of sp³-hybridized carbons (Fsp3) is 0.500. The number of nitrogens with two attached hydrogens (primary N) is 1.